The quantitative estimate of drug-likeness (QED) is 0.667. The molecule has 0 aromatic heterocycles. The summed E-state index contributed by atoms with van der Waals surface area (Å²) in [7, 11) is 0. The van der Waals surface area contributed by atoms with Gasteiger partial charge in [-0.2, -0.15) is 0 Å². The Hall–Kier alpha value is -0.940. The standard InChI is InChI=1S/C13H17BrN2O2/c1-13(2,10-4-5-10)15-8-9-3-6-11(14)12(7-9)16(17)18/h3,6-7,10,15H,4-5,8H2,1-2H3. The third-order valence-electron chi connectivity index (χ3n) is 3.55. The molecular weight excluding hydrogens is 296 g/mol. The van der Waals surface area contributed by atoms with Gasteiger partial charge in [-0.15, -0.1) is 0 Å². The molecule has 0 unspecified atom stereocenters. The molecule has 0 atom stereocenters. The van der Waals surface area contributed by atoms with E-state index in [0.717, 1.165) is 11.5 Å². The van der Waals surface area contributed by atoms with Crippen molar-refractivity contribution in [3.63, 3.8) is 0 Å². The van der Waals surface area contributed by atoms with E-state index in [1.807, 2.05) is 6.07 Å². The van der Waals surface area contributed by atoms with Crippen LogP contribution in [0.1, 0.15) is 32.3 Å². The lowest BCUT2D eigenvalue weighted by Crippen LogP contribution is -2.40. The van der Waals surface area contributed by atoms with Crippen LogP contribution < -0.4 is 5.32 Å². The first-order valence-electron chi connectivity index (χ1n) is 6.08. The molecule has 18 heavy (non-hydrogen) atoms. The number of hydrogen-bond donors (Lipinski definition) is 1. The molecule has 0 aliphatic heterocycles. The smallest absolute Gasteiger partial charge is 0.283 e. The van der Waals surface area contributed by atoms with Gasteiger partial charge in [0.25, 0.3) is 5.69 Å². The van der Waals surface area contributed by atoms with E-state index in [0.29, 0.717) is 11.0 Å². The van der Waals surface area contributed by atoms with Gasteiger partial charge in [-0.3, -0.25) is 10.1 Å². The van der Waals surface area contributed by atoms with Gasteiger partial charge in [0.2, 0.25) is 0 Å². The fourth-order valence-electron chi connectivity index (χ4n) is 2.09. The summed E-state index contributed by atoms with van der Waals surface area (Å²) in [6.45, 7) is 5.05. The van der Waals surface area contributed by atoms with Crippen LogP contribution in [0.3, 0.4) is 0 Å². The third kappa shape index (κ3) is 3.09. The summed E-state index contributed by atoms with van der Waals surface area (Å²) >= 11 is 3.19. The first kappa shape index (κ1) is 13.5. The Bertz CT molecular complexity index is 470. The first-order chi connectivity index (χ1) is 8.40. The van der Waals surface area contributed by atoms with Crippen molar-refractivity contribution in [2.45, 2.75) is 38.8 Å². The maximum Gasteiger partial charge on any atom is 0.283 e. The maximum atomic E-state index is 10.8. The lowest BCUT2D eigenvalue weighted by molar-refractivity contribution is -0.385. The van der Waals surface area contributed by atoms with E-state index >= 15 is 0 Å². The van der Waals surface area contributed by atoms with Gasteiger partial charge in [-0.25, -0.2) is 0 Å². The molecule has 1 aromatic carbocycles. The number of benzene rings is 1. The monoisotopic (exact) mass is 312 g/mol. The Morgan fingerprint density at radius 2 is 2.17 bits per heavy atom. The summed E-state index contributed by atoms with van der Waals surface area (Å²) in [4.78, 5) is 10.5. The molecule has 4 nitrogen and oxygen atoms in total. The fraction of sp³-hybridized carbons (Fsp3) is 0.538. The molecule has 5 heteroatoms. The van der Waals surface area contributed by atoms with Crippen LogP contribution in [0.2, 0.25) is 0 Å². The lowest BCUT2D eigenvalue weighted by atomic mass is 9.98. The summed E-state index contributed by atoms with van der Waals surface area (Å²) in [6, 6.07) is 5.27. The van der Waals surface area contributed by atoms with Gasteiger partial charge in [0.15, 0.2) is 0 Å². The molecule has 0 spiro atoms. The first-order valence-corrected chi connectivity index (χ1v) is 6.87. The molecule has 0 bridgehead atoms. The summed E-state index contributed by atoms with van der Waals surface area (Å²) in [6.07, 6.45) is 2.56. The average molecular weight is 313 g/mol. The van der Waals surface area contributed by atoms with Gasteiger partial charge in [0.05, 0.1) is 9.40 Å². The molecule has 1 aliphatic carbocycles. The van der Waals surface area contributed by atoms with Crippen molar-refractivity contribution in [3.05, 3.63) is 38.3 Å². The van der Waals surface area contributed by atoms with Crippen molar-refractivity contribution in [2.75, 3.05) is 0 Å². The SMILES string of the molecule is CC(C)(NCc1ccc(Br)c([N+](=O)[O-])c1)C1CC1. The van der Waals surface area contributed by atoms with E-state index < -0.39 is 0 Å². The molecule has 98 valence electrons. The number of nitro groups is 1. The van der Waals surface area contributed by atoms with E-state index in [-0.39, 0.29) is 16.1 Å². The minimum Gasteiger partial charge on any atom is -0.307 e. The van der Waals surface area contributed by atoms with Crippen LogP contribution in [0.15, 0.2) is 22.7 Å². The second kappa shape index (κ2) is 4.97. The van der Waals surface area contributed by atoms with Crippen LogP contribution in [0.25, 0.3) is 0 Å². The Morgan fingerprint density at radius 1 is 1.50 bits per heavy atom. The summed E-state index contributed by atoms with van der Waals surface area (Å²) in [5, 5.41) is 14.3. The Kier molecular flexibility index (Phi) is 3.73. The largest absolute Gasteiger partial charge is 0.307 e. The van der Waals surface area contributed by atoms with Gasteiger partial charge < -0.3 is 5.32 Å². The van der Waals surface area contributed by atoms with Crippen LogP contribution >= 0.6 is 15.9 Å². The molecule has 1 fully saturated rings. The van der Waals surface area contributed by atoms with Crippen LogP contribution in [-0.2, 0) is 6.54 Å². The molecule has 0 amide bonds. The number of hydrogen-bond acceptors (Lipinski definition) is 3. The predicted octanol–water partition coefficient (Wildman–Crippen LogP) is 3.64. The molecule has 0 heterocycles. The van der Waals surface area contributed by atoms with Crippen molar-refractivity contribution in [3.8, 4) is 0 Å². The van der Waals surface area contributed by atoms with Crippen molar-refractivity contribution in [1.82, 2.24) is 5.32 Å². The zero-order valence-corrected chi connectivity index (χ0v) is 12.2. The van der Waals surface area contributed by atoms with Gasteiger partial charge in [0.1, 0.15) is 0 Å². The molecule has 2 rings (SSSR count). The molecule has 1 saturated carbocycles. The highest BCUT2D eigenvalue weighted by molar-refractivity contribution is 9.10. The van der Waals surface area contributed by atoms with E-state index in [1.165, 1.54) is 12.8 Å². The van der Waals surface area contributed by atoms with Crippen molar-refractivity contribution >= 4 is 21.6 Å². The minimum absolute atomic E-state index is 0.113. The van der Waals surface area contributed by atoms with Crippen LogP contribution in [0, 0.1) is 16.0 Å². The second-order valence-electron chi connectivity index (χ2n) is 5.39. The van der Waals surface area contributed by atoms with Crippen LogP contribution in [-0.4, -0.2) is 10.5 Å². The normalized spacial score (nSPS) is 15.7. The van der Waals surface area contributed by atoms with Crippen molar-refractivity contribution in [1.29, 1.82) is 0 Å². The van der Waals surface area contributed by atoms with Gasteiger partial charge in [0, 0.05) is 18.2 Å². The van der Waals surface area contributed by atoms with E-state index in [2.05, 4.69) is 35.1 Å². The topological polar surface area (TPSA) is 55.2 Å². The van der Waals surface area contributed by atoms with E-state index in [4.69, 9.17) is 0 Å². The third-order valence-corrected chi connectivity index (χ3v) is 4.22. The molecular formula is C13H17BrN2O2. The Morgan fingerprint density at radius 3 is 2.72 bits per heavy atom. The molecule has 0 radical (unpaired) electrons. The number of rotatable bonds is 5. The Balaban J connectivity index is 2.05. The van der Waals surface area contributed by atoms with E-state index in [9.17, 15) is 10.1 Å². The van der Waals surface area contributed by atoms with E-state index in [1.54, 1.807) is 12.1 Å². The number of halogens is 1. The number of nitro benzene ring substituents is 1. The fourth-order valence-corrected chi connectivity index (χ4v) is 2.48. The number of nitrogens with zero attached hydrogens (tertiary/aromatic N) is 1. The second-order valence-corrected chi connectivity index (χ2v) is 6.25. The lowest BCUT2D eigenvalue weighted by Gasteiger charge is -2.26. The molecule has 1 aliphatic rings. The summed E-state index contributed by atoms with van der Waals surface area (Å²) in [5.74, 6) is 0.739. The molecule has 1 aromatic rings. The van der Waals surface area contributed by atoms with Gasteiger partial charge in [-0.05, 0) is 60.2 Å². The van der Waals surface area contributed by atoms with Crippen molar-refractivity contribution in [2.24, 2.45) is 5.92 Å². The summed E-state index contributed by atoms with van der Waals surface area (Å²) < 4.78 is 0.526. The predicted molar refractivity (Wildman–Crippen MR) is 74.4 cm³/mol. The Labute approximate surface area is 115 Å². The average Bonchev–Trinajstić information content (AvgIpc) is 3.11. The number of nitrogens with one attached hydrogen (secondary N) is 1. The zero-order valence-electron chi connectivity index (χ0n) is 10.6. The zero-order chi connectivity index (χ0) is 13.3. The van der Waals surface area contributed by atoms with Crippen molar-refractivity contribution < 1.29 is 4.92 Å². The van der Waals surface area contributed by atoms with Crippen LogP contribution in [0.5, 0.6) is 0 Å². The minimum atomic E-state index is -0.361. The van der Waals surface area contributed by atoms with Gasteiger partial charge >= 0.3 is 0 Å². The molecule has 0 saturated heterocycles. The summed E-state index contributed by atoms with van der Waals surface area (Å²) in [5.41, 5.74) is 1.18. The maximum absolute atomic E-state index is 10.8. The highest BCUT2D eigenvalue weighted by Gasteiger charge is 2.37. The van der Waals surface area contributed by atoms with Crippen LogP contribution in [0.4, 0.5) is 5.69 Å². The highest BCUT2D eigenvalue weighted by Crippen LogP contribution is 2.39. The van der Waals surface area contributed by atoms with Gasteiger partial charge in [-0.1, -0.05) is 6.07 Å². The highest BCUT2D eigenvalue weighted by atomic mass is 79.9. The molecule has 1 N–H and O–H groups in total.